The normalized spacial score (nSPS) is 12.0. The van der Waals surface area contributed by atoms with Crippen molar-refractivity contribution >= 4 is 23.1 Å². The maximum Gasteiger partial charge on any atom is 0.230 e. The molecular weight excluding hydrogens is 126 g/mol. The average Bonchev–Trinajstić information content (AvgIpc) is 1.91. The van der Waals surface area contributed by atoms with E-state index in [1.54, 1.807) is 6.20 Å². The van der Waals surface area contributed by atoms with Crippen molar-refractivity contribution in [2.75, 3.05) is 0 Å². The highest BCUT2D eigenvalue weighted by Crippen LogP contribution is 2.21. The van der Waals surface area contributed by atoms with Gasteiger partial charge < -0.3 is 0 Å². The number of nitrogens with zero attached hydrogens (tertiary/aromatic N) is 1. The summed E-state index contributed by atoms with van der Waals surface area (Å²) in [4.78, 5) is 3.89. The fraction of sp³-hybridized carbons (Fsp3) is 0.250. The fourth-order valence-electron chi connectivity index (χ4n) is 0.323. The first-order valence-corrected chi connectivity index (χ1v) is 4.02. The van der Waals surface area contributed by atoms with Crippen molar-refractivity contribution in [3.63, 3.8) is 0 Å². The van der Waals surface area contributed by atoms with Gasteiger partial charge in [-0.15, -0.1) is 0 Å². The summed E-state index contributed by atoms with van der Waals surface area (Å²) in [5.74, 6) is 0. The van der Waals surface area contributed by atoms with Crippen LogP contribution in [0.25, 0.3) is 0 Å². The maximum atomic E-state index is 4.14. The highest BCUT2D eigenvalue weighted by molar-refractivity contribution is 7.83. The molecule has 0 aliphatic heterocycles. The summed E-state index contributed by atoms with van der Waals surface area (Å²) in [7, 11) is 0.216. The van der Waals surface area contributed by atoms with Crippen LogP contribution in [0.5, 0.6) is 0 Å². The van der Waals surface area contributed by atoms with E-state index < -0.39 is 0 Å². The number of aromatic nitrogens is 1. The van der Waals surface area contributed by atoms with Gasteiger partial charge in [-0.1, -0.05) is 12.6 Å². The van der Waals surface area contributed by atoms with Crippen molar-refractivity contribution in [3.8, 4) is 0 Å². The molecule has 1 atom stereocenters. The minimum atomic E-state index is 0.216. The first-order chi connectivity index (χ1) is 3.30. The zero-order chi connectivity index (χ0) is 5.28. The Labute approximate surface area is 50.8 Å². The van der Waals surface area contributed by atoms with E-state index in [-0.39, 0.29) is 10.5 Å². The van der Waals surface area contributed by atoms with Crippen LogP contribution in [0.4, 0.5) is 0 Å². The SMILES string of the molecule is C[s+]1cncc1S. The predicted octanol–water partition coefficient (Wildman–Crippen LogP) is 1.66. The van der Waals surface area contributed by atoms with Crippen LogP contribution < -0.4 is 0 Å². The molecule has 1 rings (SSSR count). The number of rotatable bonds is 0. The highest BCUT2D eigenvalue weighted by Gasteiger charge is 1.99. The van der Waals surface area contributed by atoms with Gasteiger partial charge in [0.05, 0.1) is 6.20 Å². The molecule has 1 aromatic heterocycles. The molecule has 0 aromatic carbocycles. The summed E-state index contributed by atoms with van der Waals surface area (Å²) in [5, 5.41) is 0. The van der Waals surface area contributed by atoms with E-state index in [2.05, 4.69) is 23.9 Å². The van der Waals surface area contributed by atoms with Gasteiger partial charge in [-0.05, 0) is 0 Å². The topological polar surface area (TPSA) is 12.9 Å². The lowest BCUT2D eigenvalue weighted by Gasteiger charge is -1.66. The Balaban J connectivity index is 3.12. The minimum absolute atomic E-state index is 0.216. The molecule has 1 heterocycles. The molecule has 7 heavy (non-hydrogen) atoms. The van der Waals surface area contributed by atoms with Gasteiger partial charge in [0.2, 0.25) is 9.72 Å². The summed E-state index contributed by atoms with van der Waals surface area (Å²) in [5.41, 5.74) is 1.91. The fourth-order valence-corrected chi connectivity index (χ4v) is 1.11. The van der Waals surface area contributed by atoms with E-state index in [4.69, 9.17) is 0 Å². The molecule has 0 radical (unpaired) electrons. The number of hydrogen-bond donors (Lipinski definition) is 1. The molecule has 1 aromatic rings. The molecule has 0 saturated heterocycles. The van der Waals surface area contributed by atoms with Crippen LogP contribution in [0.3, 0.4) is 0 Å². The molecule has 0 aliphatic carbocycles. The van der Waals surface area contributed by atoms with Gasteiger partial charge in [0.1, 0.15) is 6.26 Å². The Morgan fingerprint density at radius 2 is 2.57 bits per heavy atom. The van der Waals surface area contributed by atoms with Crippen molar-refractivity contribution in [2.45, 2.75) is 4.21 Å². The third kappa shape index (κ3) is 0.951. The van der Waals surface area contributed by atoms with E-state index in [0.717, 1.165) is 4.21 Å². The van der Waals surface area contributed by atoms with Gasteiger partial charge in [-0.2, -0.15) is 0 Å². The molecule has 0 spiro atoms. The molecule has 0 bridgehead atoms. The Morgan fingerprint density at radius 3 is 2.71 bits per heavy atom. The van der Waals surface area contributed by atoms with Crippen molar-refractivity contribution in [1.29, 1.82) is 0 Å². The summed E-state index contributed by atoms with van der Waals surface area (Å²) in [6.45, 7) is 0. The van der Waals surface area contributed by atoms with E-state index >= 15 is 0 Å². The molecule has 1 nitrogen and oxygen atoms in total. The molecule has 0 fully saturated rings. The van der Waals surface area contributed by atoms with Crippen molar-refractivity contribution in [1.82, 2.24) is 4.98 Å². The molecule has 3 heteroatoms. The second-order valence-corrected chi connectivity index (χ2v) is 3.83. The van der Waals surface area contributed by atoms with Crippen LogP contribution in [0.15, 0.2) is 15.9 Å². The molecule has 0 aliphatic rings. The van der Waals surface area contributed by atoms with Crippen LogP contribution in [0.2, 0.25) is 0 Å². The molecule has 1 unspecified atom stereocenters. The number of aryl methyl sites for hydroxylation is 1. The van der Waals surface area contributed by atoms with E-state index in [1.165, 1.54) is 0 Å². The van der Waals surface area contributed by atoms with Gasteiger partial charge >= 0.3 is 0 Å². The largest absolute Gasteiger partial charge is 0.230 e. The second-order valence-electron chi connectivity index (χ2n) is 1.28. The number of thiol groups is 1. The molecule has 0 amide bonds. The lowest BCUT2D eigenvalue weighted by atomic mass is 11.0. The van der Waals surface area contributed by atoms with Crippen LogP contribution in [0.1, 0.15) is 0 Å². The second kappa shape index (κ2) is 1.84. The minimum Gasteiger partial charge on any atom is -0.207 e. The number of hydrogen-bond acceptors (Lipinski definition) is 2. The Kier molecular flexibility index (Phi) is 1.35. The predicted molar refractivity (Wildman–Crippen MR) is 34.9 cm³/mol. The van der Waals surface area contributed by atoms with Crippen LogP contribution >= 0.6 is 23.1 Å². The van der Waals surface area contributed by atoms with Gasteiger partial charge in [0, 0.05) is 10.5 Å². The smallest absolute Gasteiger partial charge is 0.207 e. The van der Waals surface area contributed by atoms with Crippen molar-refractivity contribution < 1.29 is 0 Å². The lowest BCUT2D eigenvalue weighted by molar-refractivity contribution is 1.38. The summed E-state index contributed by atoms with van der Waals surface area (Å²) in [6.07, 6.45) is 3.88. The standard InChI is InChI=1S/C4H5NS2/c1-7-3-5-2-4(7)6/h2-3H,1H3/p+1. The van der Waals surface area contributed by atoms with Crippen molar-refractivity contribution in [3.05, 3.63) is 11.7 Å². The van der Waals surface area contributed by atoms with E-state index in [0.29, 0.717) is 0 Å². The monoisotopic (exact) mass is 132 g/mol. The maximum absolute atomic E-state index is 4.14. The van der Waals surface area contributed by atoms with Gasteiger partial charge in [-0.25, -0.2) is 4.98 Å². The highest BCUT2D eigenvalue weighted by atomic mass is 32.2. The van der Waals surface area contributed by atoms with Crippen LogP contribution in [-0.2, 0) is 6.26 Å². The zero-order valence-corrected chi connectivity index (χ0v) is 5.67. The summed E-state index contributed by atoms with van der Waals surface area (Å²) < 4.78 is 1.08. The average molecular weight is 132 g/mol. The molecular formula is C4H6NS2+. The summed E-state index contributed by atoms with van der Waals surface area (Å²) >= 11 is 4.14. The third-order valence-electron chi connectivity index (χ3n) is 0.734. The first kappa shape index (κ1) is 5.12. The molecule has 0 N–H and O–H groups in total. The Bertz CT molecular complexity index is 142. The third-order valence-corrected chi connectivity index (χ3v) is 2.92. The van der Waals surface area contributed by atoms with Gasteiger partial charge in [0.15, 0.2) is 0 Å². The summed E-state index contributed by atoms with van der Waals surface area (Å²) in [6, 6.07) is 0. The number of thiazole rings is 1. The van der Waals surface area contributed by atoms with Gasteiger partial charge in [0.25, 0.3) is 0 Å². The van der Waals surface area contributed by atoms with Crippen LogP contribution in [0, 0.1) is 0 Å². The lowest BCUT2D eigenvalue weighted by Crippen LogP contribution is -1.45. The Hall–Kier alpha value is -0.0200. The van der Waals surface area contributed by atoms with E-state index in [1.807, 2.05) is 5.51 Å². The van der Waals surface area contributed by atoms with Crippen molar-refractivity contribution in [2.24, 2.45) is 6.26 Å². The van der Waals surface area contributed by atoms with Gasteiger partial charge in [-0.3, -0.25) is 0 Å². The Morgan fingerprint density at radius 1 is 1.86 bits per heavy atom. The first-order valence-electron chi connectivity index (χ1n) is 1.88. The quantitative estimate of drug-likeness (QED) is 0.418. The molecule has 0 saturated carbocycles. The van der Waals surface area contributed by atoms with Crippen LogP contribution in [-0.4, -0.2) is 4.98 Å². The van der Waals surface area contributed by atoms with E-state index in [9.17, 15) is 0 Å². The molecule has 38 valence electrons. The zero-order valence-electron chi connectivity index (χ0n) is 3.96.